The molecule has 1 unspecified atom stereocenters. The molecule has 1 aromatic rings. The number of rotatable bonds is 2. The summed E-state index contributed by atoms with van der Waals surface area (Å²) in [5.74, 6) is 0.808. The molecule has 0 amide bonds. The maximum atomic E-state index is 5.63. The number of hydrogen-bond acceptors (Lipinski definition) is 1. The Labute approximate surface area is 100 Å². The summed E-state index contributed by atoms with van der Waals surface area (Å²) >= 11 is 3.60. The van der Waals surface area contributed by atoms with Crippen LogP contribution in [0.3, 0.4) is 0 Å². The van der Waals surface area contributed by atoms with Gasteiger partial charge in [-0.1, -0.05) is 22.0 Å². The maximum absolute atomic E-state index is 5.63. The molecule has 0 saturated carbocycles. The third kappa shape index (κ3) is 2.43. The Hall–Kier alpha value is -0.340. The fraction of sp³-hybridized carbons (Fsp3) is 0.538. The van der Waals surface area contributed by atoms with Gasteiger partial charge < -0.3 is 5.73 Å². The van der Waals surface area contributed by atoms with Crippen LogP contribution in [0.1, 0.15) is 29.5 Å². The molecule has 1 aliphatic rings. The fourth-order valence-corrected chi connectivity index (χ4v) is 2.85. The average molecular weight is 268 g/mol. The van der Waals surface area contributed by atoms with E-state index in [2.05, 4.69) is 35.0 Å². The van der Waals surface area contributed by atoms with Gasteiger partial charge in [0.25, 0.3) is 0 Å². The highest BCUT2D eigenvalue weighted by Gasteiger charge is 2.18. The molecule has 0 aliphatic heterocycles. The van der Waals surface area contributed by atoms with Gasteiger partial charge >= 0.3 is 0 Å². The molecule has 2 N–H and O–H groups in total. The zero-order chi connectivity index (χ0) is 10.8. The molecule has 15 heavy (non-hydrogen) atoms. The summed E-state index contributed by atoms with van der Waals surface area (Å²) in [6.07, 6.45) is 4.92. The summed E-state index contributed by atoms with van der Waals surface area (Å²) in [6.45, 7) is 2.99. The molecule has 2 heteroatoms. The minimum atomic E-state index is 0.808. The Morgan fingerprint density at radius 3 is 2.93 bits per heavy atom. The average Bonchev–Trinajstić information content (AvgIpc) is 2.21. The first-order valence-corrected chi connectivity index (χ1v) is 6.48. The number of benzene rings is 1. The van der Waals surface area contributed by atoms with Crippen LogP contribution in [-0.4, -0.2) is 6.54 Å². The zero-order valence-corrected chi connectivity index (χ0v) is 10.8. The molecule has 0 bridgehead atoms. The lowest BCUT2D eigenvalue weighted by molar-refractivity contribution is 0.433. The topological polar surface area (TPSA) is 26.0 Å². The van der Waals surface area contributed by atoms with Crippen LogP contribution in [0.25, 0.3) is 0 Å². The molecule has 2 rings (SSSR count). The number of fused-ring (bicyclic) bond motifs is 1. The van der Waals surface area contributed by atoms with E-state index in [4.69, 9.17) is 5.73 Å². The van der Waals surface area contributed by atoms with Crippen molar-refractivity contribution in [2.45, 2.75) is 32.6 Å². The Morgan fingerprint density at radius 1 is 1.40 bits per heavy atom. The second-order valence-corrected chi connectivity index (χ2v) is 5.41. The second kappa shape index (κ2) is 4.67. The van der Waals surface area contributed by atoms with Gasteiger partial charge in [0.2, 0.25) is 0 Å². The standard InChI is InChI=1S/C13H18BrN/c1-9-6-12-7-10(4-5-15)2-3-11(12)8-13(9)14/h6,8,10H,2-5,7,15H2,1H3. The fourth-order valence-electron chi connectivity index (χ4n) is 2.46. The lowest BCUT2D eigenvalue weighted by Crippen LogP contribution is -2.17. The first kappa shape index (κ1) is 11.2. The lowest BCUT2D eigenvalue weighted by atomic mass is 9.82. The zero-order valence-electron chi connectivity index (χ0n) is 9.22. The first-order chi connectivity index (χ1) is 7.20. The third-order valence-electron chi connectivity index (χ3n) is 3.39. The summed E-state index contributed by atoms with van der Waals surface area (Å²) in [5, 5.41) is 0. The molecule has 0 heterocycles. The number of halogens is 1. The molecule has 0 aromatic heterocycles. The van der Waals surface area contributed by atoms with E-state index in [-0.39, 0.29) is 0 Å². The van der Waals surface area contributed by atoms with E-state index in [9.17, 15) is 0 Å². The van der Waals surface area contributed by atoms with E-state index in [1.165, 1.54) is 41.3 Å². The van der Waals surface area contributed by atoms with Gasteiger partial charge in [0.15, 0.2) is 0 Å². The monoisotopic (exact) mass is 267 g/mol. The van der Waals surface area contributed by atoms with Crippen LogP contribution in [-0.2, 0) is 12.8 Å². The second-order valence-electron chi connectivity index (χ2n) is 4.56. The van der Waals surface area contributed by atoms with Crippen LogP contribution in [0.15, 0.2) is 16.6 Å². The highest BCUT2D eigenvalue weighted by atomic mass is 79.9. The van der Waals surface area contributed by atoms with Gasteiger partial charge in [-0.05, 0) is 67.8 Å². The molecule has 1 nitrogen and oxygen atoms in total. The van der Waals surface area contributed by atoms with Crippen molar-refractivity contribution >= 4 is 15.9 Å². The van der Waals surface area contributed by atoms with E-state index in [0.717, 1.165) is 12.5 Å². The van der Waals surface area contributed by atoms with Gasteiger partial charge in [0.05, 0.1) is 0 Å². The number of hydrogen-bond donors (Lipinski definition) is 1. The third-order valence-corrected chi connectivity index (χ3v) is 4.24. The van der Waals surface area contributed by atoms with Crippen molar-refractivity contribution in [3.05, 3.63) is 33.3 Å². The summed E-state index contributed by atoms with van der Waals surface area (Å²) in [5.41, 5.74) is 10.0. The molecule has 0 saturated heterocycles. The van der Waals surface area contributed by atoms with Crippen molar-refractivity contribution in [3.8, 4) is 0 Å². The Bertz CT molecular complexity index is 360. The highest BCUT2D eigenvalue weighted by Crippen LogP contribution is 2.31. The molecule has 82 valence electrons. The molecule has 0 radical (unpaired) electrons. The summed E-state index contributed by atoms with van der Waals surface area (Å²) < 4.78 is 1.25. The Balaban J connectivity index is 2.22. The molecule has 1 atom stereocenters. The number of nitrogens with two attached hydrogens (primary N) is 1. The van der Waals surface area contributed by atoms with E-state index in [1.807, 2.05) is 0 Å². The van der Waals surface area contributed by atoms with Crippen LogP contribution in [0, 0.1) is 12.8 Å². The van der Waals surface area contributed by atoms with Crippen LogP contribution < -0.4 is 5.73 Å². The number of aryl methyl sites for hydroxylation is 2. The first-order valence-electron chi connectivity index (χ1n) is 5.68. The van der Waals surface area contributed by atoms with E-state index in [1.54, 1.807) is 5.56 Å². The lowest BCUT2D eigenvalue weighted by Gasteiger charge is -2.25. The normalized spacial score (nSPS) is 20.1. The van der Waals surface area contributed by atoms with Crippen molar-refractivity contribution in [2.24, 2.45) is 11.7 Å². The molecular formula is C13H18BrN. The van der Waals surface area contributed by atoms with Crippen LogP contribution in [0.2, 0.25) is 0 Å². The minimum absolute atomic E-state index is 0.808. The van der Waals surface area contributed by atoms with E-state index >= 15 is 0 Å². The smallest absolute Gasteiger partial charge is 0.0207 e. The predicted octanol–water partition coefficient (Wildman–Crippen LogP) is 3.21. The molecule has 1 aromatic carbocycles. The van der Waals surface area contributed by atoms with Gasteiger partial charge in [-0.2, -0.15) is 0 Å². The van der Waals surface area contributed by atoms with E-state index < -0.39 is 0 Å². The molecule has 1 aliphatic carbocycles. The SMILES string of the molecule is Cc1cc2c(cc1Br)CCC(CCN)C2. The van der Waals surface area contributed by atoms with Gasteiger partial charge in [0, 0.05) is 4.47 Å². The maximum Gasteiger partial charge on any atom is 0.0207 e. The molecule has 0 spiro atoms. The van der Waals surface area contributed by atoms with Crippen molar-refractivity contribution in [1.82, 2.24) is 0 Å². The summed E-state index contributed by atoms with van der Waals surface area (Å²) in [6, 6.07) is 4.63. The highest BCUT2D eigenvalue weighted by molar-refractivity contribution is 9.10. The molecular weight excluding hydrogens is 250 g/mol. The van der Waals surface area contributed by atoms with Gasteiger partial charge in [-0.3, -0.25) is 0 Å². The largest absolute Gasteiger partial charge is 0.330 e. The minimum Gasteiger partial charge on any atom is -0.330 e. The van der Waals surface area contributed by atoms with E-state index in [0.29, 0.717) is 0 Å². The Kier molecular flexibility index (Phi) is 3.47. The predicted molar refractivity (Wildman–Crippen MR) is 68.1 cm³/mol. The van der Waals surface area contributed by atoms with Crippen molar-refractivity contribution in [1.29, 1.82) is 0 Å². The van der Waals surface area contributed by atoms with Crippen LogP contribution >= 0.6 is 15.9 Å². The summed E-state index contributed by atoms with van der Waals surface area (Å²) in [7, 11) is 0. The van der Waals surface area contributed by atoms with Crippen molar-refractivity contribution < 1.29 is 0 Å². The quantitative estimate of drug-likeness (QED) is 0.875. The van der Waals surface area contributed by atoms with Gasteiger partial charge in [0.1, 0.15) is 0 Å². The van der Waals surface area contributed by atoms with Gasteiger partial charge in [-0.15, -0.1) is 0 Å². The van der Waals surface area contributed by atoms with Crippen molar-refractivity contribution in [3.63, 3.8) is 0 Å². The summed E-state index contributed by atoms with van der Waals surface area (Å²) in [4.78, 5) is 0. The van der Waals surface area contributed by atoms with Crippen molar-refractivity contribution in [2.75, 3.05) is 6.54 Å². The Morgan fingerprint density at radius 2 is 2.20 bits per heavy atom. The van der Waals surface area contributed by atoms with Gasteiger partial charge in [-0.25, -0.2) is 0 Å². The van der Waals surface area contributed by atoms with Crippen LogP contribution in [0.4, 0.5) is 0 Å². The molecule has 0 fully saturated rings. The van der Waals surface area contributed by atoms with Crippen LogP contribution in [0.5, 0.6) is 0 Å².